The minimum absolute atomic E-state index is 0.172. The lowest BCUT2D eigenvalue weighted by Gasteiger charge is -2.43. The van der Waals surface area contributed by atoms with Crippen LogP contribution in [0.1, 0.15) is 55.2 Å². The van der Waals surface area contributed by atoms with Gasteiger partial charge in [-0.3, -0.25) is 0 Å². The average Bonchev–Trinajstić information content (AvgIpc) is 3.24. The molecule has 9 nitrogen and oxygen atoms in total. The molecule has 0 saturated heterocycles. The van der Waals surface area contributed by atoms with Crippen molar-refractivity contribution in [2.45, 2.75) is 44.6 Å². The summed E-state index contributed by atoms with van der Waals surface area (Å²) < 4.78 is 6.68. The second kappa shape index (κ2) is 8.37. The predicted octanol–water partition coefficient (Wildman–Crippen LogP) is 2.27. The number of hydrogen-bond donors (Lipinski definition) is 1. The van der Waals surface area contributed by atoms with E-state index in [4.69, 9.17) is 4.74 Å². The molecule has 3 rings (SSSR count). The topological polar surface area (TPSA) is 102 Å². The molecule has 0 bridgehead atoms. The normalized spacial score (nSPS) is 15.7. The number of ether oxygens (including phenoxy) is 1. The number of carbonyl (C=O) groups excluding carboxylic acids is 2. The Morgan fingerprint density at radius 1 is 1.21 bits per heavy atom. The van der Waals surface area contributed by atoms with Crippen LogP contribution in [-0.2, 0) is 10.3 Å². The maximum Gasteiger partial charge on any atom is 0.338 e. The Bertz CT molecular complexity index is 826. The van der Waals surface area contributed by atoms with Gasteiger partial charge in [-0.1, -0.05) is 19.3 Å². The minimum Gasteiger partial charge on any atom is -0.462 e. The molecule has 2 amide bonds. The van der Waals surface area contributed by atoms with Gasteiger partial charge >= 0.3 is 12.0 Å². The van der Waals surface area contributed by atoms with Crippen molar-refractivity contribution in [2.24, 2.45) is 0 Å². The number of tetrazole rings is 1. The van der Waals surface area contributed by atoms with Crippen LogP contribution in [0.15, 0.2) is 24.3 Å². The van der Waals surface area contributed by atoms with Gasteiger partial charge in [0, 0.05) is 14.1 Å². The van der Waals surface area contributed by atoms with Crippen LogP contribution in [0.3, 0.4) is 0 Å². The number of esters is 1. The van der Waals surface area contributed by atoms with Crippen molar-refractivity contribution >= 4 is 12.0 Å². The van der Waals surface area contributed by atoms with Gasteiger partial charge in [-0.2, -0.15) is 4.68 Å². The fourth-order valence-electron chi connectivity index (χ4n) is 3.81. The number of benzene rings is 1. The van der Waals surface area contributed by atoms with E-state index in [-0.39, 0.29) is 12.0 Å². The third-order valence-electron chi connectivity index (χ3n) is 5.35. The third-order valence-corrected chi connectivity index (χ3v) is 5.35. The molecule has 1 aromatic heterocycles. The predicted molar refractivity (Wildman–Crippen MR) is 102 cm³/mol. The van der Waals surface area contributed by atoms with E-state index in [1.165, 1.54) is 0 Å². The lowest BCUT2D eigenvalue weighted by molar-refractivity contribution is 0.0526. The van der Waals surface area contributed by atoms with Crippen molar-refractivity contribution in [1.29, 1.82) is 0 Å². The summed E-state index contributed by atoms with van der Waals surface area (Å²) in [6.45, 7) is 2.10. The summed E-state index contributed by atoms with van der Waals surface area (Å²) in [5.74, 6) is 0.260. The first-order chi connectivity index (χ1) is 13.5. The van der Waals surface area contributed by atoms with Crippen LogP contribution in [0.5, 0.6) is 0 Å². The molecule has 0 aliphatic heterocycles. The SMILES string of the molecule is CCOC(=O)c1ccc(-n2nnnc2C2(N(C)C(=O)NC)CCCCC2)cc1. The second-order valence-corrected chi connectivity index (χ2v) is 6.89. The zero-order valence-corrected chi connectivity index (χ0v) is 16.5. The monoisotopic (exact) mass is 386 g/mol. The largest absolute Gasteiger partial charge is 0.462 e. The number of nitrogens with zero attached hydrogens (tertiary/aromatic N) is 5. The highest BCUT2D eigenvalue weighted by Gasteiger charge is 2.44. The summed E-state index contributed by atoms with van der Waals surface area (Å²) in [5, 5.41) is 15.1. The lowest BCUT2D eigenvalue weighted by Crippen LogP contribution is -2.52. The van der Waals surface area contributed by atoms with Gasteiger partial charge in [0.25, 0.3) is 0 Å². The number of urea groups is 1. The Balaban J connectivity index is 1.99. The van der Waals surface area contributed by atoms with Gasteiger partial charge in [0.15, 0.2) is 5.82 Å². The first-order valence-corrected chi connectivity index (χ1v) is 9.55. The van der Waals surface area contributed by atoms with Gasteiger partial charge in [-0.15, -0.1) is 5.10 Å². The zero-order chi connectivity index (χ0) is 20.1. The van der Waals surface area contributed by atoms with Crippen molar-refractivity contribution in [3.05, 3.63) is 35.7 Å². The summed E-state index contributed by atoms with van der Waals surface area (Å²) in [4.78, 5) is 26.0. The minimum atomic E-state index is -0.582. The average molecular weight is 386 g/mol. The van der Waals surface area contributed by atoms with Crippen molar-refractivity contribution in [1.82, 2.24) is 30.4 Å². The quantitative estimate of drug-likeness (QED) is 0.791. The molecule has 150 valence electrons. The molecule has 1 fully saturated rings. The van der Waals surface area contributed by atoms with Gasteiger partial charge in [0.2, 0.25) is 0 Å². The number of rotatable bonds is 5. The van der Waals surface area contributed by atoms with Crippen LogP contribution in [0.4, 0.5) is 4.79 Å². The Hall–Kier alpha value is -2.97. The second-order valence-electron chi connectivity index (χ2n) is 6.89. The van der Waals surface area contributed by atoms with E-state index < -0.39 is 5.54 Å². The molecule has 0 spiro atoms. The molecule has 1 heterocycles. The highest BCUT2D eigenvalue weighted by atomic mass is 16.5. The Labute approximate surface area is 164 Å². The molecule has 1 aliphatic rings. The summed E-state index contributed by atoms with van der Waals surface area (Å²) in [5.41, 5.74) is 0.611. The molecule has 2 aromatic rings. The van der Waals surface area contributed by atoms with Crippen molar-refractivity contribution in [3.63, 3.8) is 0 Å². The molecular weight excluding hydrogens is 360 g/mol. The van der Waals surface area contributed by atoms with Gasteiger partial charge in [-0.05, 0) is 54.5 Å². The summed E-state index contributed by atoms with van der Waals surface area (Å²) in [7, 11) is 3.40. The molecule has 0 unspecified atom stereocenters. The number of amides is 2. The number of carbonyl (C=O) groups is 2. The highest BCUT2D eigenvalue weighted by Crippen LogP contribution is 2.41. The van der Waals surface area contributed by atoms with Crippen LogP contribution in [0.2, 0.25) is 0 Å². The lowest BCUT2D eigenvalue weighted by atomic mass is 9.79. The van der Waals surface area contributed by atoms with Crippen LogP contribution in [0.25, 0.3) is 5.69 Å². The van der Waals surface area contributed by atoms with E-state index in [1.807, 2.05) is 0 Å². The zero-order valence-electron chi connectivity index (χ0n) is 16.5. The summed E-state index contributed by atoms with van der Waals surface area (Å²) in [6, 6.07) is 6.77. The standard InChI is InChI=1S/C19H26N6O3/c1-4-28-16(26)14-8-10-15(11-9-14)25-17(21-22-23-25)19(12-6-5-7-13-19)24(3)18(27)20-2/h8-11H,4-7,12-13H2,1-3H3,(H,20,27). The van der Waals surface area contributed by atoms with E-state index in [1.54, 1.807) is 54.9 Å². The smallest absolute Gasteiger partial charge is 0.338 e. The van der Waals surface area contributed by atoms with E-state index in [9.17, 15) is 9.59 Å². The van der Waals surface area contributed by atoms with Gasteiger partial charge in [0.05, 0.1) is 17.9 Å². The fraction of sp³-hybridized carbons (Fsp3) is 0.526. The van der Waals surface area contributed by atoms with Gasteiger partial charge in [0.1, 0.15) is 5.54 Å². The first kappa shape index (κ1) is 19.8. The maximum absolute atomic E-state index is 12.4. The van der Waals surface area contributed by atoms with E-state index in [0.717, 1.165) is 37.8 Å². The van der Waals surface area contributed by atoms with E-state index in [2.05, 4.69) is 20.8 Å². The number of hydrogen-bond acceptors (Lipinski definition) is 6. The van der Waals surface area contributed by atoms with E-state index in [0.29, 0.717) is 18.0 Å². The summed E-state index contributed by atoms with van der Waals surface area (Å²) >= 11 is 0. The number of nitrogens with one attached hydrogen (secondary N) is 1. The maximum atomic E-state index is 12.4. The van der Waals surface area contributed by atoms with Crippen LogP contribution in [0, 0.1) is 0 Å². The molecular formula is C19H26N6O3. The van der Waals surface area contributed by atoms with E-state index >= 15 is 0 Å². The third kappa shape index (κ3) is 3.56. The molecule has 28 heavy (non-hydrogen) atoms. The van der Waals surface area contributed by atoms with Crippen molar-refractivity contribution in [3.8, 4) is 5.69 Å². The Kier molecular flexibility index (Phi) is 5.91. The van der Waals surface area contributed by atoms with Crippen molar-refractivity contribution < 1.29 is 14.3 Å². The molecule has 0 atom stereocenters. The Morgan fingerprint density at radius 3 is 2.50 bits per heavy atom. The van der Waals surface area contributed by atoms with Crippen LogP contribution in [-0.4, -0.2) is 57.8 Å². The fourth-order valence-corrected chi connectivity index (χ4v) is 3.81. The molecule has 1 aromatic carbocycles. The number of aromatic nitrogens is 4. The summed E-state index contributed by atoms with van der Waals surface area (Å²) in [6.07, 6.45) is 4.70. The van der Waals surface area contributed by atoms with Gasteiger partial charge < -0.3 is 15.0 Å². The Morgan fingerprint density at radius 2 is 1.89 bits per heavy atom. The highest BCUT2D eigenvalue weighted by molar-refractivity contribution is 5.89. The van der Waals surface area contributed by atoms with Crippen LogP contribution < -0.4 is 5.32 Å². The van der Waals surface area contributed by atoms with Gasteiger partial charge in [-0.25, -0.2) is 9.59 Å². The molecule has 1 N–H and O–H groups in total. The molecule has 0 radical (unpaired) electrons. The molecule has 1 aliphatic carbocycles. The van der Waals surface area contributed by atoms with Crippen molar-refractivity contribution in [2.75, 3.05) is 20.7 Å². The molecule has 9 heteroatoms. The first-order valence-electron chi connectivity index (χ1n) is 9.55. The van der Waals surface area contributed by atoms with Crippen LogP contribution >= 0.6 is 0 Å². The molecule has 1 saturated carbocycles.